The molecule has 1 atom stereocenters. The standard InChI is InChI=1S/C16H17NO3/c1-12-7-8-16(18)15(9-12)14(11-17(19)20)10-13-5-3-2-4-6-13/h2-9,14,18H,10-11H2,1H3. The Kier molecular flexibility index (Phi) is 4.35. The first kappa shape index (κ1) is 14.1. The van der Waals surface area contributed by atoms with E-state index in [-0.39, 0.29) is 23.1 Å². The van der Waals surface area contributed by atoms with Gasteiger partial charge in [0.2, 0.25) is 6.54 Å². The summed E-state index contributed by atoms with van der Waals surface area (Å²) in [4.78, 5) is 10.6. The van der Waals surface area contributed by atoms with Crippen molar-refractivity contribution in [2.45, 2.75) is 19.3 Å². The van der Waals surface area contributed by atoms with Crippen molar-refractivity contribution < 1.29 is 10.0 Å². The van der Waals surface area contributed by atoms with E-state index >= 15 is 0 Å². The monoisotopic (exact) mass is 271 g/mol. The number of hydrogen-bond donors (Lipinski definition) is 1. The van der Waals surface area contributed by atoms with Crippen LogP contribution < -0.4 is 0 Å². The largest absolute Gasteiger partial charge is 0.508 e. The molecule has 20 heavy (non-hydrogen) atoms. The average Bonchev–Trinajstić information content (AvgIpc) is 2.41. The Morgan fingerprint density at radius 2 is 1.90 bits per heavy atom. The van der Waals surface area contributed by atoms with Gasteiger partial charge in [0.15, 0.2) is 0 Å². The molecule has 1 unspecified atom stereocenters. The number of nitro groups is 1. The van der Waals surface area contributed by atoms with Gasteiger partial charge in [-0.2, -0.15) is 0 Å². The molecular weight excluding hydrogens is 254 g/mol. The quantitative estimate of drug-likeness (QED) is 0.670. The third-order valence-corrected chi connectivity index (χ3v) is 3.32. The van der Waals surface area contributed by atoms with Crippen molar-refractivity contribution in [3.05, 3.63) is 75.3 Å². The van der Waals surface area contributed by atoms with Crippen LogP contribution in [0.5, 0.6) is 5.75 Å². The molecule has 0 aromatic heterocycles. The van der Waals surface area contributed by atoms with Crippen molar-refractivity contribution >= 4 is 0 Å². The molecule has 0 radical (unpaired) electrons. The summed E-state index contributed by atoms with van der Waals surface area (Å²) >= 11 is 0. The van der Waals surface area contributed by atoms with Crippen molar-refractivity contribution in [3.63, 3.8) is 0 Å². The molecule has 2 rings (SSSR count). The zero-order valence-electron chi connectivity index (χ0n) is 11.3. The molecule has 0 amide bonds. The molecule has 4 nitrogen and oxygen atoms in total. The summed E-state index contributed by atoms with van der Waals surface area (Å²) in [6, 6.07) is 14.8. The van der Waals surface area contributed by atoms with E-state index in [1.807, 2.05) is 43.3 Å². The number of aromatic hydroxyl groups is 1. The van der Waals surface area contributed by atoms with Crippen LogP contribution in [0.2, 0.25) is 0 Å². The smallest absolute Gasteiger partial charge is 0.211 e. The fraction of sp³-hybridized carbons (Fsp3) is 0.250. The summed E-state index contributed by atoms with van der Waals surface area (Å²) in [5.74, 6) is -0.203. The van der Waals surface area contributed by atoms with Gasteiger partial charge in [0.05, 0.1) is 5.92 Å². The van der Waals surface area contributed by atoms with Gasteiger partial charge in [-0.05, 0) is 25.0 Å². The van der Waals surface area contributed by atoms with Crippen molar-refractivity contribution in [1.29, 1.82) is 0 Å². The minimum atomic E-state index is -0.327. The number of phenols is 1. The second kappa shape index (κ2) is 6.19. The molecule has 2 aromatic carbocycles. The van der Waals surface area contributed by atoms with Crippen LogP contribution in [0.4, 0.5) is 0 Å². The number of benzene rings is 2. The van der Waals surface area contributed by atoms with E-state index in [2.05, 4.69) is 0 Å². The predicted octanol–water partition coefficient (Wildman–Crippen LogP) is 3.30. The lowest BCUT2D eigenvalue weighted by Crippen LogP contribution is -2.15. The number of phenolic OH excluding ortho intramolecular Hbond substituents is 1. The summed E-state index contributed by atoms with van der Waals surface area (Å²) in [5, 5.41) is 20.9. The Labute approximate surface area is 117 Å². The lowest BCUT2D eigenvalue weighted by atomic mass is 9.90. The van der Waals surface area contributed by atoms with Crippen LogP contribution in [-0.4, -0.2) is 16.6 Å². The lowest BCUT2D eigenvalue weighted by molar-refractivity contribution is -0.483. The highest BCUT2D eigenvalue weighted by atomic mass is 16.6. The Morgan fingerprint density at radius 1 is 1.20 bits per heavy atom. The summed E-state index contributed by atoms with van der Waals surface area (Å²) < 4.78 is 0. The molecule has 104 valence electrons. The molecule has 0 aliphatic carbocycles. The SMILES string of the molecule is Cc1ccc(O)c(C(Cc2ccccc2)C[N+](=O)[O-])c1. The fourth-order valence-corrected chi connectivity index (χ4v) is 2.35. The topological polar surface area (TPSA) is 63.4 Å². The van der Waals surface area contributed by atoms with E-state index in [1.165, 1.54) is 0 Å². The molecule has 4 heteroatoms. The zero-order chi connectivity index (χ0) is 14.5. The van der Waals surface area contributed by atoms with E-state index in [9.17, 15) is 15.2 Å². The second-order valence-corrected chi connectivity index (χ2v) is 4.96. The molecule has 1 N–H and O–H groups in total. The Balaban J connectivity index is 2.32. The van der Waals surface area contributed by atoms with Gasteiger partial charge in [0.1, 0.15) is 5.75 Å². The maximum Gasteiger partial charge on any atom is 0.211 e. The van der Waals surface area contributed by atoms with E-state index in [0.29, 0.717) is 12.0 Å². The summed E-state index contributed by atoms with van der Waals surface area (Å²) in [7, 11) is 0. The van der Waals surface area contributed by atoms with Crippen molar-refractivity contribution in [1.82, 2.24) is 0 Å². The molecule has 0 heterocycles. The van der Waals surface area contributed by atoms with Crippen LogP contribution in [0.15, 0.2) is 48.5 Å². The van der Waals surface area contributed by atoms with Gasteiger partial charge < -0.3 is 5.11 Å². The van der Waals surface area contributed by atoms with Gasteiger partial charge >= 0.3 is 0 Å². The van der Waals surface area contributed by atoms with Crippen LogP contribution in [0.25, 0.3) is 0 Å². The Morgan fingerprint density at radius 3 is 2.55 bits per heavy atom. The van der Waals surface area contributed by atoms with Crippen molar-refractivity contribution in [3.8, 4) is 5.75 Å². The molecular formula is C16H17NO3. The first-order valence-electron chi connectivity index (χ1n) is 6.51. The number of hydrogen-bond acceptors (Lipinski definition) is 3. The van der Waals surface area contributed by atoms with E-state index in [1.54, 1.807) is 12.1 Å². The molecule has 0 aliphatic rings. The van der Waals surface area contributed by atoms with Gasteiger partial charge in [0, 0.05) is 10.5 Å². The van der Waals surface area contributed by atoms with E-state index in [4.69, 9.17) is 0 Å². The fourth-order valence-electron chi connectivity index (χ4n) is 2.35. The van der Waals surface area contributed by atoms with Gasteiger partial charge in [-0.15, -0.1) is 0 Å². The van der Waals surface area contributed by atoms with Gasteiger partial charge in [-0.1, -0.05) is 48.0 Å². The molecule has 0 fully saturated rings. The average molecular weight is 271 g/mol. The zero-order valence-corrected chi connectivity index (χ0v) is 11.3. The maximum atomic E-state index is 10.9. The molecule has 0 bridgehead atoms. The third kappa shape index (κ3) is 3.57. The normalized spacial score (nSPS) is 12.1. The third-order valence-electron chi connectivity index (χ3n) is 3.32. The highest BCUT2D eigenvalue weighted by Crippen LogP contribution is 2.29. The minimum absolute atomic E-state index is 0.124. The first-order chi connectivity index (χ1) is 9.56. The molecule has 0 aliphatic heterocycles. The highest BCUT2D eigenvalue weighted by molar-refractivity contribution is 5.39. The summed E-state index contributed by atoms with van der Waals surface area (Å²) in [5.41, 5.74) is 2.66. The van der Waals surface area contributed by atoms with Crippen LogP contribution in [0, 0.1) is 17.0 Å². The number of rotatable bonds is 5. The van der Waals surface area contributed by atoms with Crippen molar-refractivity contribution in [2.75, 3.05) is 6.54 Å². The minimum Gasteiger partial charge on any atom is -0.508 e. The van der Waals surface area contributed by atoms with E-state index < -0.39 is 0 Å². The number of nitrogens with zero attached hydrogens (tertiary/aromatic N) is 1. The summed E-state index contributed by atoms with van der Waals surface area (Å²) in [6.07, 6.45) is 0.541. The lowest BCUT2D eigenvalue weighted by Gasteiger charge is -2.15. The second-order valence-electron chi connectivity index (χ2n) is 4.96. The molecule has 2 aromatic rings. The predicted molar refractivity (Wildman–Crippen MR) is 77.6 cm³/mol. The van der Waals surface area contributed by atoms with Crippen LogP contribution in [0.3, 0.4) is 0 Å². The van der Waals surface area contributed by atoms with Crippen LogP contribution >= 0.6 is 0 Å². The molecule has 0 saturated heterocycles. The number of aryl methyl sites for hydroxylation is 1. The van der Waals surface area contributed by atoms with Crippen molar-refractivity contribution in [2.24, 2.45) is 0 Å². The Bertz CT molecular complexity index is 596. The highest BCUT2D eigenvalue weighted by Gasteiger charge is 2.21. The first-order valence-corrected chi connectivity index (χ1v) is 6.51. The maximum absolute atomic E-state index is 10.9. The van der Waals surface area contributed by atoms with Gasteiger partial charge in [-0.3, -0.25) is 10.1 Å². The van der Waals surface area contributed by atoms with Gasteiger partial charge in [-0.25, -0.2) is 0 Å². The van der Waals surface area contributed by atoms with E-state index in [0.717, 1.165) is 11.1 Å². The van der Waals surface area contributed by atoms with Crippen LogP contribution in [-0.2, 0) is 6.42 Å². The summed E-state index contributed by atoms with van der Waals surface area (Å²) in [6.45, 7) is 1.72. The molecule has 0 saturated carbocycles. The Hall–Kier alpha value is -2.36. The molecule has 0 spiro atoms. The van der Waals surface area contributed by atoms with Gasteiger partial charge in [0.25, 0.3) is 0 Å². The van der Waals surface area contributed by atoms with Crippen LogP contribution in [0.1, 0.15) is 22.6 Å².